The first-order valence-corrected chi connectivity index (χ1v) is 8.60. The topological polar surface area (TPSA) is 76.1 Å². The summed E-state index contributed by atoms with van der Waals surface area (Å²) in [7, 11) is 1.58. The number of aliphatic carboxylic acids is 1. The van der Waals surface area contributed by atoms with Crippen LogP contribution >= 0.6 is 0 Å². The fourth-order valence-electron chi connectivity index (χ4n) is 4.56. The van der Waals surface area contributed by atoms with Gasteiger partial charge in [0, 0.05) is 5.69 Å². The number of fused-ring (bicyclic) bond motifs is 1. The minimum atomic E-state index is -0.995. The lowest BCUT2D eigenvalue weighted by Gasteiger charge is -2.33. The van der Waals surface area contributed by atoms with E-state index >= 15 is 0 Å². The van der Waals surface area contributed by atoms with E-state index in [1.807, 2.05) is 25.1 Å². The van der Waals surface area contributed by atoms with E-state index in [4.69, 9.17) is 9.47 Å². The first-order valence-electron chi connectivity index (χ1n) is 8.60. The third-order valence-electron chi connectivity index (χ3n) is 5.60. The Balaban J connectivity index is 1.81. The molecule has 6 nitrogen and oxygen atoms in total. The minimum absolute atomic E-state index is 0.208. The van der Waals surface area contributed by atoms with E-state index in [0.717, 1.165) is 5.57 Å². The number of carbonyl (C=O) groups is 2. The molecule has 1 amide bonds. The predicted molar refractivity (Wildman–Crippen MR) is 95.1 cm³/mol. The van der Waals surface area contributed by atoms with Gasteiger partial charge in [-0.2, -0.15) is 0 Å². The molecule has 1 aromatic carbocycles. The number of amides is 1. The van der Waals surface area contributed by atoms with Gasteiger partial charge < -0.3 is 19.5 Å². The molecule has 2 bridgehead atoms. The highest BCUT2D eigenvalue weighted by atomic mass is 16.5. The lowest BCUT2D eigenvalue weighted by Crippen LogP contribution is -2.45. The smallest absolute Gasteiger partial charge is 0.310 e. The van der Waals surface area contributed by atoms with E-state index in [1.165, 1.54) is 0 Å². The van der Waals surface area contributed by atoms with Crippen molar-refractivity contribution < 1.29 is 24.2 Å². The second-order valence-electron chi connectivity index (χ2n) is 7.22. The molecule has 3 aliphatic rings. The number of carboxylic acids is 1. The monoisotopic (exact) mass is 355 g/mol. The lowest BCUT2D eigenvalue weighted by atomic mass is 9.74. The van der Waals surface area contributed by atoms with Crippen LogP contribution in [0.4, 0.5) is 5.69 Å². The second-order valence-corrected chi connectivity index (χ2v) is 7.22. The van der Waals surface area contributed by atoms with Crippen molar-refractivity contribution in [2.24, 2.45) is 11.8 Å². The molecule has 136 valence electrons. The SMILES string of the molecule is C=C(C)C[C@H]1N(c2ccc(OC)cc2)C(=O)[C@@H]2[C@H](C(=O)O)[C@H]3C=C[C@]21O3. The Morgan fingerprint density at radius 3 is 2.65 bits per heavy atom. The number of ether oxygens (including phenoxy) is 2. The van der Waals surface area contributed by atoms with E-state index < -0.39 is 29.5 Å². The summed E-state index contributed by atoms with van der Waals surface area (Å²) in [6.45, 7) is 5.90. The molecule has 0 radical (unpaired) electrons. The summed E-state index contributed by atoms with van der Waals surface area (Å²) in [4.78, 5) is 26.8. The summed E-state index contributed by atoms with van der Waals surface area (Å²) in [6, 6.07) is 6.87. The van der Waals surface area contributed by atoms with E-state index in [1.54, 1.807) is 30.2 Å². The van der Waals surface area contributed by atoms with Crippen molar-refractivity contribution in [1.82, 2.24) is 0 Å². The van der Waals surface area contributed by atoms with Gasteiger partial charge in [-0.05, 0) is 37.6 Å². The molecule has 6 heteroatoms. The zero-order valence-electron chi connectivity index (χ0n) is 14.7. The Kier molecular flexibility index (Phi) is 3.70. The number of methoxy groups -OCH3 is 1. The normalized spacial score (nSPS) is 34.2. The van der Waals surface area contributed by atoms with Gasteiger partial charge in [0.1, 0.15) is 17.3 Å². The molecular formula is C20H21NO5. The number of anilines is 1. The van der Waals surface area contributed by atoms with Crippen molar-refractivity contribution in [3.05, 3.63) is 48.6 Å². The van der Waals surface area contributed by atoms with Crippen LogP contribution in [-0.2, 0) is 14.3 Å². The molecular weight excluding hydrogens is 334 g/mol. The average Bonchev–Trinajstić information content (AvgIpc) is 3.24. The van der Waals surface area contributed by atoms with Crippen LogP contribution in [0.5, 0.6) is 5.75 Å². The minimum Gasteiger partial charge on any atom is -0.497 e. The second kappa shape index (κ2) is 5.71. The molecule has 0 unspecified atom stereocenters. The molecule has 2 saturated heterocycles. The molecule has 5 atom stereocenters. The summed E-state index contributed by atoms with van der Waals surface area (Å²) in [5.74, 6) is -2.09. The number of rotatable bonds is 5. The fraction of sp³-hybridized carbons (Fsp3) is 0.400. The summed E-state index contributed by atoms with van der Waals surface area (Å²) in [5, 5.41) is 9.67. The van der Waals surface area contributed by atoms with Crippen LogP contribution < -0.4 is 9.64 Å². The maximum absolute atomic E-state index is 13.3. The third kappa shape index (κ3) is 2.15. The van der Waals surface area contributed by atoms with Gasteiger partial charge in [-0.25, -0.2) is 0 Å². The van der Waals surface area contributed by atoms with Crippen LogP contribution in [0.15, 0.2) is 48.6 Å². The lowest BCUT2D eigenvalue weighted by molar-refractivity contribution is -0.146. The van der Waals surface area contributed by atoms with Crippen molar-refractivity contribution in [2.45, 2.75) is 31.1 Å². The van der Waals surface area contributed by atoms with Gasteiger partial charge >= 0.3 is 5.97 Å². The molecule has 0 aliphatic carbocycles. The van der Waals surface area contributed by atoms with Crippen molar-refractivity contribution in [3.63, 3.8) is 0 Å². The molecule has 1 N–H and O–H groups in total. The van der Waals surface area contributed by atoms with E-state index in [0.29, 0.717) is 17.9 Å². The number of benzene rings is 1. The largest absolute Gasteiger partial charge is 0.497 e. The fourth-order valence-corrected chi connectivity index (χ4v) is 4.56. The molecule has 0 aromatic heterocycles. The molecule has 3 aliphatic heterocycles. The number of hydrogen-bond donors (Lipinski definition) is 1. The zero-order chi connectivity index (χ0) is 18.6. The van der Waals surface area contributed by atoms with Crippen LogP contribution in [0, 0.1) is 11.8 Å². The third-order valence-corrected chi connectivity index (χ3v) is 5.60. The molecule has 4 rings (SSSR count). The van der Waals surface area contributed by atoms with Crippen LogP contribution in [0.3, 0.4) is 0 Å². The highest BCUT2D eigenvalue weighted by Gasteiger charge is 2.71. The van der Waals surface area contributed by atoms with Crippen LogP contribution in [0.2, 0.25) is 0 Å². The number of nitrogens with zero attached hydrogens (tertiary/aromatic N) is 1. The number of carboxylic acid groups (broad SMARTS) is 1. The standard InChI is InChI=1S/C20H21NO5/c1-11(2)10-15-20-9-8-14(26-20)16(19(23)24)17(20)18(22)21(15)12-4-6-13(25-3)7-5-12/h4-9,14-17H,1,10H2,2-3H3,(H,23,24)/t14-,15-,16-,17+,20-/m1/s1. The van der Waals surface area contributed by atoms with E-state index in [9.17, 15) is 14.7 Å². The van der Waals surface area contributed by atoms with Gasteiger partial charge in [-0.1, -0.05) is 17.7 Å². The van der Waals surface area contributed by atoms with Crippen LogP contribution in [0.25, 0.3) is 0 Å². The highest BCUT2D eigenvalue weighted by Crippen LogP contribution is 2.56. The average molecular weight is 355 g/mol. The van der Waals surface area contributed by atoms with Crippen molar-refractivity contribution in [3.8, 4) is 5.75 Å². The Bertz CT molecular complexity index is 814. The Morgan fingerprint density at radius 2 is 2.08 bits per heavy atom. The van der Waals surface area contributed by atoms with Gasteiger partial charge in [-0.15, -0.1) is 6.58 Å². The summed E-state index contributed by atoms with van der Waals surface area (Å²) in [5.41, 5.74) is 0.704. The van der Waals surface area contributed by atoms with Gasteiger partial charge in [0.2, 0.25) is 5.91 Å². The van der Waals surface area contributed by atoms with Crippen LogP contribution in [0.1, 0.15) is 13.3 Å². The first kappa shape index (κ1) is 16.8. The molecule has 2 fully saturated rings. The quantitative estimate of drug-likeness (QED) is 0.821. The van der Waals surface area contributed by atoms with Gasteiger partial charge in [0.05, 0.1) is 25.2 Å². The molecule has 26 heavy (non-hydrogen) atoms. The molecule has 3 heterocycles. The zero-order valence-corrected chi connectivity index (χ0v) is 14.7. The van der Waals surface area contributed by atoms with Gasteiger partial charge in [-0.3, -0.25) is 9.59 Å². The summed E-state index contributed by atoms with van der Waals surface area (Å²) >= 11 is 0. The van der Waals surface area contributed by atoms with Crippen molar-refractivity contribution in [1.29, 1.82) is 0 Å². The Labute approximate surface area is 151 Å². The van der Waals surface area contributed by atoms with E-state index in [-0.39, 0.29) is 11.9 Å². The number of carbonyl (C=O) groups excluding carboxylic acids is 1. The molecule has 0 saturated carbocycles. The van der Waals surface area contributed by atoms with Gasteiger partial charge in [0.15, 0.2) is 0 Å². The van der Waals surface area contributed by atoms with Crippen molar-refractivity contribution >= 4 is 17.6 Å². The first-order chi connectivity index (χ1) is 12.4. The maximum atomic E-state index is 13.3. The van der Waals surface area contributed by atoms with E-state index in [2.05, 4.69) is 6.58 Å². The summed E-state index contributed by atoms with van der Waals surface area (Å²) in [6.07, 6.45) is 3.66. The molecule has 1 aromatic rings. The summed E-state index contributed by atoms with van der Waals surface area (Å²) < 4.78 is 11.3. The Morgan fingerprint density at radius 1 is 1.38 bits per heavy atom. The predicted octanol–water partition coefficient (Wildman–Crippen LogP) is 2.40. The van der Waals surface area contributed by atoms with Crippen LogP contribution in [-0.4, -0.2) is 41.8 Å². The molecule has 1 spiro atoms. The van der Waals surface area contributed by atoms with Gasteiger partial charge in [0.25, 0.3) is 0 Å². The highest BCUT2D eigenvalue weighted by molar-refractivity contribution is 6.03. The Hall–Kier alpha value is -2.60. The van der Waals surface area contributed by atoms with Crippen molar-refractivity contribution in [2.75, 3.05) is 12.0 Å². The maximum Gasteiger partial charge on any atom is 0.310 e. The number of hydrogen-bond acceptors (Lipinski definition) is 4.